The monoisotopic (exact) mass is 583 g/mol. The maximum atomic E-state index is 12.9. The molecule has 2 N–H and O–H groups in total. The van der Waals surface area contributed by atoms with Crippen LogP contribution >= 0.6 is 23.2 Å². The molecule has 1 heterocycles. The molecule has 4 aromatic carbocycles. The highest BCUT2D eigenvalue weighted by atomic mass is 35.5. The minimum Gasteiger partial charge on any atom is -0.508 e. The van der Waals surface area contributed by atoms with Gasteiger partial charge >= 0.3 is 0 Å². The Kier molecular flexibility index (Phi) is 8.73. The number of carbonyl (C=O) groups excluding carboxylic acids is 1. The number of ether oxygens (including phenoxy) is 1. The molecule has 5 aromatic rings. The smallest absolute Gasteiger partial charge is 0.240 e. The van der Waals surface area contributed by atoms with Gasteiger partial charge in [-0.25, -0.2) is 4.98 Å². The number of phenolic OH excluding ortho intramolecular Hbond substituents is 1. The summed E-state index contributed by atoms with van der Waals surface area (Å²) in [4.78, 5) is 17.7. The number of phenols is 1. The average molecular weight is 585 g/mol. The number of aromatic nitrogens is 2. The van der Waals surface area contributed by atoms with Crippen LogP contribution in [0, 0.1) is 0 Å². The first-order valence-electron chi connectivity index (χ1n) is 12.9. The van der Waals surface area contributed by atoms with Gasteiger partial charge in [-0.2, -0.15) is 0 Å². The molecule has 0 spiro atoms. The molecule has 6 nitrogen and oxygen atoms in total. The number of nitrogens with one attached hydrogen (secondary N) is 1. The maximum absolute atomic E-state index is 12.9. The molecule has 0 atom stereocenters. The van der Waals surface area contributed by atoms with Crippen LogP contribution in [0.1, 0.15) is 17.0 Å². The molecule has 1 amide bonds. The number of hydrogen-bond donors (Lipinski definition) is 2. The lowest BCUT2D eigenvalue weighted by molar-refractivity contribution is -0.121. The summed E-state index contributed by atoms with van der Waals surface area (Å²) in [5, 5.41) is 13.5. The van der Waals surface area contributed by atoms with Crippen molar-refractivity contribution in [2.45, 2.75) is 13.1 Å². The Hall–Kier alpha value is -4.52. The molecule has 0 saturated heterocycles. The van der Waals surface area contributed by atoms with Gasteiger partial charge in [0, 0.05) is 23.3 Å². The van der Waals surface area contributed by atoms with Gasteiger partial charge in [0.15, 0.2) is 0 Å². The first kappa shape index (κ1) is 28.0. The number of rotatable bonds is 9. The zero-order valence-electron chi connectivity index (χ0n) is 22.2. The van der Waals surface area contributed by atoms with Crippen molar-refractivity contribution in [1.29, 1.82) is 0 Å². The maximum Gasteiger partial charge on any atom is 0.240 e. The highest BCUT2D eigenvalue weighted by Gasteiger charge is 2.14. The number of carbonyl (C=O) groups is 1. The molecule has 8 heteroatoms. The van der Waals surface area contributed by atoms with Crippen LogP contribution in [0.4, 0.5) is 0 Å². The van der Waals surface area contributed by atoms with E-state index in [-0.39, 0.29) is 18.2 Å². The number of nitrogens with zero attached hydrogens (tertiary/aromatic N) is 2. The molecule has 0 aliphatic heterocycles. The van der Waals surface area contributed by atoms with Crippen LogP contribution in [0.5, 0.6) is 11.5 Å². The third-order valence-corrected chi connectivity index (χ3v) is 7.06. The highest BCUT2D eigenvalue weighted by molar-refractivity contribution is 6.36. The minimum absolute atomic E-state index is 0.0772. The van der Waals surface area contributed by atoms with Crippen molar-refractivity contribution in [2.24, 2.45) is 0 Å². The second-order valence-corrected chi connectivity index (χ2v) is 10.2. The fraction of sp³-hybridized carbons (Fsp3) is 0.0909. The summed E-state index contributed by atoms with van der Waals surface area (Å²) in [7, 11) is 1.62. The van der Waals surface area contributed by atoms with Gasteiger partial charge in [0.05, 0.1) is 17.8 Å². The van der Waals surface area contributed by atoms with E-state index in [1.54, 1.807) is 35.9 Å². The Morgan fingerprint density at radius 1 is 0.927 bits per heavy atom. The molecule has 5 rings (SSSR count). The van der Waals surface area contributed by atoms with E-state index in [2.05, 4.69) is 5.32 Å². The standard InChI is InChI=1S/C33H27Cl2N3O3/c1-41-28-14-4-23(5-15-28)19-36-33(40)21-38-20-31(29-16-11-26(34)18-30(29)35)37-32(38)17-6-22-2-7-24(8-3-22)25-9-12-27(39)13-10-25/h2-18,20,39H,19,21H2,1H3,(H,36,40). The Morgan fingerprint density at radius 2 is 1.61 bits per heavy atom. The molecule has 206 valence electrons. The van der Waals surface area contributed by atoms with E-state index in [1.165, 1.54) is 0 Å². The van der Waals surface area contributed by atoms with E-state index in [4.69, 9.17) is 32.9 Å². The van der Waals surface area contributed by atoms with E-state index in [0.29, 0.717) is 28.1 Å². The summed E-state index contributed by atoms with van der Waals surface area (Å²) in [6, 6.07) is 27.9. The number of methoxy groups -OCH3 is 1. The molecule has 41 heavy (non-hydrogen) atoms. The van der Waals surface area contributed by atoms with E-state index in [9.17, 15) is 9.90 Å². The van der Waals surface area contributed by atoms with Crippen molar-refractivity contribution < 1.29 is 14.6 Å². The van der Waals surface area contributed by atoms with Crippen molar-refractivity contribution in [3.05, 3.63) is 124 Å². The third kappa shape index (κ3) is 7.17. The minimum atomic E-state index is -0.153. The van der Waals surface area contributed by atoms with Gasteiger partial charge < -0.3 is 19.7 Å². The van der Waals surface area contributed by atoms with Crippen LogP contribution in [-0.4, -0.2) is 27.7 Å². The Balaban J connectivity index is 1.36. The summed E-state index contributed by atoms with van der Waals surface area (Å²) in [6.07, 6.45) is 5.64. The molecule has 0 fully saturated rings. The van der Waals surface area contributed by atoms with Crippen molar-refractivity contribution in [3.8, 4) is 33.9 Å². The fourth-order valence-corrected chi connectivity index (χ4v) is 4.79. The molecule has 0 saturated carbocycles. The van der Waals surface area contributed by atoms with Crippen LogP contribution in [0.15, 0.2) is 97.2 Å². The molecule has 0 radical (unpaired) electrons. The molecule has 1 aromatic heterocycles. The zero-order chi connectivity index (χ0) is 28.8. The van der Waals surface area contributed by atoms with Gasteiger partial charge in [0.1, 0.15) is 23.9 Å². The van der Waals surface area contributed by atoms with E-state index >= 15 is 0 Å². The lowest BCUT2D eigenvalue weighted by Gasteiger charge is -2.08. The number of benzene rings is 4. The summed E-state index contributed by atoms with van der Waals surface area (Å²) in [6.45, 7) is 0.472. The Bertz CT molecular complexity index is 1680. The van der Waals surface area contributed by atoms with E-state index < -0.39 is 0 Å². The molecule has 0 aliphatic rings. The van der Waals surface area contributed by atoms with Crippen LogP contribution < -0.4 is 10.1 Å². The zero-order valence-corrected chi connectivity index (χ0v) is 23.7. The van der Waals surface area contributed by atoms with Gasteiger partial charge in [-0.1, -0.05) is 77.8 Å². The van der Waals surface area contributed by atoms with E-state index in [0.717, 1.165) is 33.6 Å². The quantitative estimate of drug-likeness (QED) is 0.186. The van der Waals surface area contributed by atoms with Gasteiger partial charge in [-0.15, -0.1) is 0 Å². The average Bonchev–Trinajstić information content (AvgIpc) is 3.37. The normalized spacial score (nSPS) is 11.1. The highest BCUT2D eigenvalue weighted by Crippen LogP contribution is 2.30. The molecular weight excluding hydrogens is 557 g/mol. The van der Waals surface area contributed by atoms with Crippen molar-refractivity contribution >= 4 is 41.3 Å². The first-order chi connectivity index (χ1) is 19.9. The van der Waals surface area contributed by atoms with Gasteiger partial charge in [0.2, 0.25) is 5.91 Å². The van der Waals surface area contributed by atoms with Gasteiger partial charge in [0.25, 0.3) is 0 Å². The summed E-state index contributed by atoms with van der Waals surface area (Å²) in [5.41, 5.74) is 5.35. The van der Waals surface area contributed by atoms with Crippen LogP contribution in [0.3, 0.4) is 0 Å². The first-order valence-corrected chi connectivity index (χ1v) is 13.6. The second kappa shape index (κ2) is 12.8. The Labute approximate surface area is 248 Å². The SMILES string of the molecule is COc1ccc(CNC(=O)Cn2cc(-c3ccc(Cl)cc3Cl)nc2C=Cc2ccc(-c3ccc(O)cc3)cc2)cc1. The van der Waals surface area contributed by atoms with Crippen molar-refractivity contribution in [3.63, 3.8) is 0 Å². The molecule has 0 bridgehead atoms. The van der Waals surface area contributed by atoms with E-state index in [1.807, 2.05) is 85.1 Å². The fourth-order valence-electron chi connectivity index (χ4n) is 4.28. The predicted octanol–water partition coefficient (Wildman–Crippen LogP) is 7.72. The van der Waals surface area contributed by atoms with Crippen LogP contribution in [0.25, 0.3) is 34.5 Å². The molecule has 0 aliphatic carbocycles. The number of aromatic hydroxyl groups is 1. The summed E-state index contributed by atoms with van der Waals surface area (Å²) in [5.74, 6) is 1.45. The van der Waals surface area contributed by atoms with Crippen LogP contribution in [-0.2, 0) is 17.9 Å². The lowest BCUT2D eigenvalue weighted by atomic mass is 10.0. The largest absolute Gasteiger partial charge is 0.508 e. The molecular formula is C33H27Cl2N3O3. The topological polar surface area (TPSA) is 76.4 Å². The second-order valence-electron chi connectivity index (χ2n) is 9.36. The summed E-state index contributed by atoms with van der Waals surface area (Å²) >= 11 is 12.6. The third-order valence-electron chi connectivity index (χ3n) is 6.51. The Morgan fingerprint density at radius 3 is 2.27 bits per heavy atom. The van der Waals surface area contributed by atoms with Crippen molar-refractivity contribution in [1.82, 2.24) is 14.9 Å². The lowest BCUT2D eigenvalue weighted by Crippen LogP contribution is -2.27. The number of hydrogen-bond acceptors (Lipinski definition) is 4. The number of imidazole rings is 1. The summed E-state index contributed by atoms with van der Waals surface area (Å²) < 4.78 is 6.99. The molecule has 0 unspecified atom stereocenters. The predicted molar refractivity (Wildman–Crippen MR) is 165 cm³/mol. The number of halogens is 2. The van der Waals surface area contributed by atoms with Gasteiger partial charge in [-0.05, 0) is 70.8 Å². The van der Waals surface area contributed by atoms with Gasteiger partial charge in [-0.3, -0.25) is 4.79 Å². The van der Waals surface area contributed by atoms with Crippen molar-refractivity contribution in [2.75, 3.05) is 7.11 Å². The number of amides is 1. The van der Waals surface area contributed by atoms with Crippen LogP contribution in [0.2, 0.25) is 10.0 Å².